The molecular weight excluding hydrogens is 390 g/mol. The van der Waals surface area contributed by atoms with Gasteiger partial charge in [0, 0.05) is 17.3 Å². The minimum atomic E-state index is 0.0235. The van der Waals surface area contributed by atoms with Crippen LogP contribution >= 0.6 is 22.7 Å². The molecule has 3 aromatic heterocycles. The smallest absolute Gasteiger partial charge is 0.234 e. The average Bonchev–Trinajstić information content (AvgIpc) is 3.36. The molecule has 142 valence electrons. The Kier molecular flexibility index (Phi) is 5.64. The van der Waals surface area contributed by atoms with Crippen LogP contribution in [0.4, 0.5) is 5.13 Å². The van der Waals surface area contributed by atoms with E-state index in [4.69, 9.17) is 9.72 Å². The summed E-state index contributed by atoms with van der Waals surface area (Å²) in [7, 11) is 0. The number of thiazole rings is 1. The lowest BCUT2D eigenvalue weighted by molar-refractivity contribution is -0.118. The number of fused-ring (bicyclic) bond motifs is 1. The van der Waals surface area contributed by atoms with E-state index in [-0.39, 0.29) is 5.91 Å². The SMILES string of the molecule is CCOc1ccc2nc(N(Cc3cccnc3)C(=O)Cc3cccs3)sc2c1. The van der Waals surface area contributed by atoms with Crippen LogP contribution in [0.5, 0.6) is 5.75 Å². The van der Waals surface area contributed by atoms with E-state index in [1.165, 1.54) is 11.3 Å². The Morgan fingerprint density at radius 1 is 1.21 bits per heavy atom. The van der Waals surface area contributed by atoms with Crippen molar-refractivity contribution in [2.45, 2.75) is 19.9 Å². The zero-order chi connectivity index (χ0) is 19.3. The molecule has 3 heterocycles. The molecule has 0 unspecified atom stereocenters. The lowest BCUT2D eigenvalue weighted by Gasteiger charge is -2.19. The van der Waals surface area contributed by atoms with Gasteiger partial charge in [0.25, 0.3) is 0 Å². The third-order valence-corrected chi connectivity index (χ3v) is 6.08. The van der Waals surface area contributed by atoms with Crippen LogP contribution < -0.4 is 9.64 Å². The summed E-state index contributed by atoms with van der Waals surface area (Å²) in [5.74, 6) is 0.837. The zero-order valence-electron chi connectivity index (χ0n) is 15.4. The predicted octanol–water partition coefficient (Wildman–Crippen LogP) is 4.93. The van der Waals surface area contributed by atoms with E-state index < -0.39 is 0 Å². The van der Waals surface area contributed by atoms with Gasteiger partial charge in [0.05, 0.1) is 29.8 Å². The van der Waals surface area contributed by atoms with Crippen molar-refractivity contribution >= 4 is 43.9 Å². The standard InChI is InChI=1S/C21H19N3O2S2/c1-2-26-16-7-8-18-19(11-16)28-21(23-18)24(14-15-5-3-9-22-13-15)20(25)12-17-6-4-10-27-17/h3-11,13H,2,12,14H2,1H3. The zero-order valence-corrected chi connectivity index (χ0v) is 17.0. The molecule has 0 aliphatic heterocycles. The van der Waals surface area contributed by atoms with Crippen molar-refractivity contribution < 1.29 is 9.53 Å². The van der Waals surface area contributed by atoms with Gasteiger partial charge < -0.3 is 4.74 Å². The summed E-state index contributed by atoms with van der Waals surface area (Å²) < 4.78 is 6.59. The fourth-order valence-corrected chi connectivity index (χ4v) is 4.57. The number of pyridine rings is 1. The molecule has 0 aliphatic rings. The lowest BCUT2D eigenvalue weighted by atomic mass is 10.2. The Morgan fingerprint density at radius 3 is 2.89 bits per heavy atom. The molecule has 0 fully saturated rings. The first-order valence-corrected chi connectivity index (χ1v) is 10.7. The normalized spacial score (nSPS) is 10.9. The molecule has 1 amide bonds. The van der Waals surface area contributed by atoms with E-state index in [1.54, 1.807) is 28.6 Å². The van der Waals surface area contributed by atoms with Gasteiger partial charge in [-0.1, -0.05) is 23.5 Å². The Balaban J connectivity index is 1.67. The van der Waals surface area contributed by atoms with Gasteiger partial charge in [0.15, 0.2) is 5.13 Å². The van der Waals surface area contributed by atoms with Crippen molar-refractivity contribution in [1.29, 1.82) is 0 Å². The van der Waals surface area contributed by atoms with Gasteiger partial charge >= 0.3 is 0 Å². The number of hydrogen-bond donors (Lipinski definition) is 0. The van der Waals surface area contributed by atoms with Crippen LogP contribution in [0.15, 0.2) is 60.2 Å². The average molecular weight is 410 g/mol. The molecule has 0 saturated heterocycles. The van der Waals surface area contributed by atoms with E-state index in [0.29, 0.717) is 24.7 Å². The third kappa shape index (κ3) is 4.21. The summed E-state index contributed by atoms with van der Waals surface area (Å²) >= 11 is 3.09. The van der Waals surface area contributed by atoms with Gasteiger partial charge in [-0.05, 0) is 48.2 Å². The molecule has 5 nitrogen and oxygen atoms in total. The first-order chi connectivity index (χ1) is 13.7. The quantitative estimate of drug-likeness (QED) is 0.434. The monoisotopic (exact) mass is 409 g/mol. The molecule has 0 atom stereocenters. The van der Waals surface area contributed by atoms with Crippen molar-refractivity contribution in [1.82, 2.24) is 9.97 Å². The number of aromatic nitrogens is 2. The summed E-state index contributed by atoms with van der Waals surface area (Å²) in [5, 5.41) is 2.68. The maximum Gasteiger partial charge on any atom is 0.234 e. The summed E-state index contributed by atoms with van der Waals surface area (Å²) in [4.78, 5) is 24.8. The highest BCUT2D eigenvalue weighted by atomic mass is 32.1. The van der Waals surface area contributed by atoms with E-state index in [9.17, 15) is 4.79 Å². The van der Waals surface area contributed by atoms with Gasteiger partial charge in [-0.15, -0.1) is 11.3 Å². The maximum atomic E-state index is 13.1. The highest BCUT2D eigenvalue weighted by Crippen LogP contribution is 2.32. The molecule has 0 radical (unpaired) electrons. The van der Waals surface area contributed by atoms with Gasteiger partial charge in [0.1, 0.15) is 5.75 Å². The predicted molar refractivity (Wildman–Crippen MR) is 114 cm³/mol. The number of rotatable bonds is 7. The van der Waals surface area contributed by atoms with Crippen molar-refractivity contribution in [2.24, 2.45) is 0 Å². The summed E-state index contributed by atoms with van der Waals surface area (Å²) in [5.41, 5.74) is 1.83. The topological polar surface area (TPSA) is 55.3 Å². The van der Waals surface area contributed by atoms with Crippen LogP contribution in [0.1, 0.15) is 17.4 Å². The van der Waals surface area contributed by atoms with E-state index in [2.05, 4.69) is 4.98 Å². The summed E-state index contributed by atoms with van der Waals surface area (Å²) in [6.07, 6.45) is 3.87. The number of ether oxygens (including phenoxy) is 1. The summed E-state index contributed by atoms with van der Waals surface area (Å²) in [6.45, 7) is 3.01. The highest BCUT2D eigenvalue weighted by Gasteiger charge is 2.21. The van der Waals surface area contributed by atoms with Gasteiger partial charge in [-0.25, -0.2) is 4.98 Å². The van der Waals surface area contributed by atoms with Crippen molar-refractivity contribution in [3.05, 3.63) is 70.7 Å². The molecule has 4 aromatic rings. The number of benzene rings is 1. The van der Waals surface area contributed by atoms with Crippen LogP contribution in [0.3, 0.4) is 0 Å². The van der Waals surface area contributed by atoms with Crippen LogP contribution in [0, 0.1) is 0 Å². The molecular formula is C21H19N3O2S2. The molecule has 0 spiro atoms. The minimum Gasteiger partial charge on any atom is -0.494 e. The number of hydrogen-bond acceptors (Lipinski definition) is 6. The van der Waals surface area contributed by atoms with Crippen molar-refractivity contribution in [2.75, 3.05) is 11.5 Å². The number of amides is 1. The molecule has 1 aromatic carbocycles. The Bertz CT molecular complexity index is 1060. The molecule has 4 rings (SSSR count). The second-order valence-electron chi connectivity index (χ2n) is 6.16. The van der Waals surface area contributed by atoms with Crippen molar-refractivity contribution in [3.8, 4) is 5.75 Å². The van der Waals surface area contributed by atoms with E-state index in [1.807, 2.05) is 54.8 Å². The fraction of sp³-hybridized carbons (Fsp3) is 0.190. The van der Waals surface area contributed by atoms with Crippen LogP contribution in [0.25, 0.3) is 10.2 Å². The number of anilines is 1. The van der Waals surface area contributed by atoms with Crippen LogP contribution in [0.2, 0.25) is 0 Å². The van der Waals surface area contributed by atoms with E-state index in [0.717, 1.165) is 26.4 Å². The number of carbonyl (C=O) groups is 1. The van der Waals surface area contributed by atoms with Crippen LogP contribution in [-0.4, -0.2) is 22.5 Å². The fourth-order valence-electron chi connectivity index (χ4n) is 2.86. The van der Waals surface area contributed by atoms with Crippen molar-refractivity contribution in [3.63, 3.8) is 0 Å². The minimum absolute atomic E-state index is 0.0235. The Morgan fingerprint density at radius 2 is 2.14 bits per heavy atom. The number of nitrogens with zero attached hydrogens (tertiary/aromatic N) is 3. The number of thiophene rings is 1. The molecule has 0 N–H and O–H groups in total. The molecule has 7 heteroatoms. The Labute approximate surface area is 171 Å². The van der Waals surface area contributed by atoms with Crippen LogP contribution in [-0.2, 0) is 17.8 Å². The first kappa shape index (κ1) is 18.6. The van der Waals surface area contributed by atoms with Gasteiger partial charge in [-0.3, -0.25) is 14.7 Å². The van der Waals surface area contributed by atoms with Gasteiger partial charge in [0.2, 0.25) is 5.91 Å². The summed E-state index contributed by atoms with van der Waals surface area (Å²) in [6, 6.07) is 13.6. The highest BCUT2D eigenvalue weighted by molar-refractivity contribution is 7.22. The lowest BCUT2D eigenvalue weighted by Crippen LogP contribution is -2.31. The van der Waals surface area contributed by atoms with E-state index >= 15 is 0 Å². The second kappa shape index (κ2) is 8.50. The molecule has 0 aliphatic carbocycles. The molecule has 0 saturated carbocycles. The Hall–Kier alpha value is -2.77. The molecule has 28 heavy (non-hydrogen) atoms. The maximum absolute atomic E-state index is 13.1. The van der Waals surface area contributed by atoms with Gasteiger partial charge in [-0.2, -0.15) is 0 Å². The second-order valence-corrected chi connectivity index (χ2v) is 8.20. The largest absolute Gasteiger partial charge is 0.494 e. The molecule has 0 bridgehead atoms. The first-order valence-electron chi connectivity index (χ1n) is 8.98. The number of carbonyl (C=O) groups excluding carboxylic acids is 1. The third-order valence-electron chi connectivity index (χ3n) is 4.16.